The number of nitrogens with zero attached hydrogens (tertiary/aromatic N) is 2. The third kappa shape index (κ3) is 12.9. The van der Waals surface area contributed by atoms with Crippen LogP contribution in [0.25, 0.3) is 0 Å². The molecule has 1 aromatic rings. The number of nitrogens with two attached hydrogens (primary N) is 3. The van der Waals surface area contributed by atoms with E-state index in [1.807, 2.05) is 0 Å². The number of H-pyrrole nitrogens is 1. The molecule has 4 unspecified atom stereocenters. The first-order valence-electron chi connectivity index (χ1n) is 11.7. The lowest BCUT2D eigenvalue weighted by Crippen LogP contribution is -2.57. The largest absolute Gasteiger partial charge is 0.481 e. The van der Waals surface area contributed by atoms with Crippen LogP contribution in [-0.4, -0.2) is 97.6 Å². The van der Waals surface area contributed by atoms with Gasteiger partial charge < -0.3 is 53.5 Å². The number of imidazole rings is 1. The van der Waals surface area contributed by atoms with Crippen LogP contribution < -0.4 is 33.2 Å². The first-order valence-corrected chi connectivity index (χ1v) is 11.7. The van der Waals surface area contributed by atoms with Gasteiger partial charge in [-0.05, 0) is 19.3 Å². The summed E-state index contributed by atoms with van der Waals surface area (Å²) in [6, 6.07) is -5.70. The molecule has 4 atom stereocenters. The normalized spacial score (nSPS) is 13.7. The molecular weight excluding hydrogens is 522 g/mol. The zero-order valence-electron chi connectivity index (χ0n) is 20.8. The number of hydrogen-bond acceptors (Lipinski definition) is 9. The number of guanidine groups is 1. The van der Waals surface area contributed by atoms with Crippen molar-refractivity contribution in [3.8, 4) is 0 Å². The van der Waals surface area contributed by atoms with Gasteiger partial charge in [-0.1, -0.05) is 0 Å². The molecule has 0 aliphatic carbocycles. The molecule has 0 saturated heterocycles. The highest BCUT2D eigenvalue weighted by Gasteiger charge is 2.31. The van der Waals surface area contributed by atoms with Crippen molar-refractivity contribution in [2.24, 2.45) is 22.2 Å². The maximum atomic E-state index is 13.2. The van der Waals surface area contributed by atoms with Crippen molar-refractivity contribution in [2.45, 2.75) is 62.7 Å². The first-order chi connectivity index (χ1) is 18.3. The molecule has 3 amide bonds. The Morgan fingerprint density at radius 3 is 2.05 bits per heavy atom. The average Bonchev–Trinajstić information content (AvgIpc) is 3.35. The Morgan fingerprint density at radius 1 is 0.897 bits per heavy atom. The van der Waals surface area contributed by atoms with Gasteiger partial charge in [0, 0.05) is 31.3 Å². The number of aromatic amines is 1. The lowest BCUT2D eigenvalue weighted by molar-refractivity contribution is -0.143. The average molecular weight is 556 g/mol. The first kappa shape index (κ1) is 32.3. The Hall–Kier alpha value is -4.74. The predicted octanol–water partition coefficient (Wildman–Crippen LogP) is -3.79. The van der Waals surface area contributed by atoms with Gasteiger partial charge in [-0.2, -0.15) is 0 Å². The standard InChI is InChI=1S/C21H33N9O9/c22-11(7-16(33)34)17(35)28-12(2-1-5-26-21(23)24)18(36)30-14(6-10-8-25-9-27-10)19(37)29-13(20(38)39)3-4-15(31)32/h8-9,11-14H,1-7,22H2,(H,25,27)(H,28,35)(H,29,37)(H,30,36)(H,31,32)(H,33,34)(H,38,39)(H4,23,24,26). The minimum atomic E-state index is -1.56. The molecule has 0 aliphatic heterocycles. The van der Waals surface area contributed by atoms with E-state index < -0.39 is 79.1 Å². The quantitative estimate of drug-likeness (QED) is 0.0472. The molecule has 216 valence electrons. The minimum absolute atomic E-state index is 0.0388. The summed E-state index contributed by atoms with van der Waals surface area (Å²) in [5.41, 5.74) is 16.5. The van der Waals surface area contributed by atoms with Gasteiger partial charge in [0.1, 0.15) is 18.1 Å². The second-order valence-electron chi connectivity index (χ2n) is 8.39. The van der Waals surface area contributed by atoms with Gasteiger partial charge in [0.15, 0.2) is 5.96 Å². The second kappa shape index (κ2) is 16.2. The smallest absolute Gasteiger partial charge is 0.326 e. The second-order valence-corrected chi connectivity index (χ2v) is 8.39. The van der Waals surface area contributed by atoms with E-state index in [0.29, 0.717) is 5.69 Å². The summed E-state index contributed by atoms with van der Waals surface area (Å²) in [5, 5.41) is 34.1. The van der Waals surface area contributed by atoms with Crippen LogP contribution in [-0.2, 0) is 35.2 Å². The number of hydrogen-bond donors (Lipinski definition) is 10. The lowest BCUT2D eigenvalue weighted by Gasteiger charge is -2.25. The molecule has 0 aromatic carbocycles. The number of amides is 3. The summed E-state index contributed by atoms with van der Waals surface area (Å²) in [7, 11) is 0. The van der Waals surface area contributed by atoms with Gasteiger partial charge in [0.2, 0.25) is 17.7 Å². The van der Waals surface area contributed by atoms with E-state index in [4.69, 9.17) is 27.4 Å². The molecule has 13 N–H and O–H groups in total. The van der Waals surface area contributed by atoms with Crippen LogP contribution >= 0.6 is 0 Å². The maximum Gasteiger partial charge on any atom is 0.326 e. The molecule has 0 spiro atoms. The minimum Gasteiger partial charge on any atom is -0.481 e. The van der Waals surface area contributed by atoms with Crippen molar-refractivity contribution in [3.63, 3.8) is 0 Å². The summed E-state index contributed by atoms with van der Waals surface area (Å²) in [5.74, 6) is -7.02. The number of nitrogens with one attached hydrogen (secondary N) is 4. The molecule has 0 radical (unpaired) electrons. The summed E-state index contributed by atoms with van der Waals surface area (Å²) >= 11 is 0. The Kier molecular flexibility index (Phi) is 13.4. The Labute approximate surface area is 221 Å². The molecule has 39 heavy (non-hydrogen) atoms. The third-order valence-corrected chi connectivity index (χ3v) is 5.18. The molecule has 0 bridgehead atoms. The van der Waals surface area contributed by atoms with Crippen LogP contribution in [0.1, 0.15) is 37.8 Å². The molecule has 1 rings (SSSR count). The van der Waals surface area contributed by atoms with Crippen LogP contribution in [0.15, 0.2) is 17.5 Å². The molecule has 1 aromatic heterocycles. The Balaban J connectivity index is 3.11. The maximum absolute atomic E-state index is 13.2. The molecule has 1 heterocycles. The van der Waals surface area contributed by atoms with Crippen LogP contribution in [0.2, 0.25) is 0 Å². The van der Waals surface area contributed by atoms with E-state index in [0.717, 1.165) is 0 Å². The SMILES string of the molecule is NC(N)=NCCCC(NC(=O)C(N)CC(=O)O)C(=O)NC(Cc1cnc[nH]1)C(=O)NC(CCC(=O)O)C(=O)O. The summed E-state index contributed by atoms with van der Waals surface area (Å²) < 4.78 is 0. The number of rotatable bonds is 18. The molecule has 18 heteroatoms. The Morgan fingerprint density at radius 2 is 1.51 bits per heavy atom. The lowest BCUT2D eigenvalue weighted by atomic mass is 10.1. The van der Waals surface area contributed by atoms with E-state index in [9.17, 15) is 33.9 Å². The number of aromatic nitrogens is 2. The number of aliphatic imine (C=N–C) groups is 1. The van der Waals surface area contributed by atoms with E-state index >= 15 is 0 Å². The van der Waals surface area contributed by atoms with Crippen molar-refractivity contribution in [2.75, 3.05) is 6.54 Å². The third-order valence-electron chi connectivity index (χ3n) is 5.18. The predicted molar refractivity (Wildman–Crippen MR) is 133 cm³/mol. The highest BCUT2D eigenvalue weighted by molar-refractivity contribution is 5.94. The van der Waals surface area contributed by atoms with Gasteiger partial charge in [0.25, 0.3) is 0 Å². The zero-order valence-corrected chi connectivity index (χ0v) is 20.8. The van der Waals surface area contributed by atoms with E-state index in [1.54, 1.807) is 0 Å². The number of aliphatic carboxylic acids is 3. The van der Waals surface area contributed by atoms with Crippen LogP contribution in [0.5, 0.6) is 0 Å². The molecule has 0 fully saturated rings. The van der Waals surface area contributed by atoms with Gasteiger partial charge in [-0.15, -0.1) is 0 Å². The van der Waals surface area contributed by atoms with Crippen molar-refractivity contribution in [1.29, 1.82) is 0 Å². The van der Waals surface area contributed by atoms with Crippen molar-refractivity contribution < 1.29 is 44.1 Å². The van der Waals surface area contributed by atoms with E-state index in [-0.39, 0.29) is 31.8 Å². The van der Waals surface area contributed by atoms with Gasteiger partial charge >= 0.3 is 17.9 Å². The number of carbonyl (C=O) groups excluding carboxylic acids is 3. The molecule has 0 saturated carbocycles. The number of carboxylic acids is 3. The molecular formula is C21H33N9O9. The summed E-state index contributed by atoms with van der Waals surface area (Å²) in [6.45, 7) is 0.0884. The zero-order chi connectivity index (χ0) is 29.5. The van der Waals surface area contributed by atoms with Crippen LogP contribution in [0, 0.1) is 0 Å². The van der Waals surface area contributed by atoms with Gasteiger partial charge in [0.05, 0.1) is 18.8 Å². The highest BCUT2D eigenvalue weighted by Crippen LogP contribution is 2.06. The van der Waals surface area contributed by atoms with Crippen LogP contribution in [0.4, 0.5) is 0 Å². The number of carboxylic acid groups (broad SMARTS) is 3. The van der Waals surface area contributed by atoms with Gasteiger partial charge in [-0.25, -0.2) is 9.78 Å². The summed E-state index contributed by atoms with van der Waals surface area (Å²) in [6.07, 6.45) is 1.02. The molecule has 0 aliphatic rings. The highest BCUT2D eigenvalue weighted by atomic mass is 16.4. The van der Waals surface area contributed by atoms with Crippen molar-refractivity contribution in [1.82, 2.24) is 25.9 Å². The Bertz CT molecular complexity index is 1040. The summed E-state index contributed by atoms with van der Waals surface area (Å²) in [4.78, 5) is 82.2. The van der Waals surface area contributed by atoms with E-state index in [1.165, 1.54) is 12.5 Å². The van der Waals surface area contributed by atoms with Crippen molar-refractivity contribution >= 4 is 41.6 Å². The topological polar surface area (TPSA) is 318 Å². The fourth-order valence-corrected chi connectivity index (χ4v) is 3.23. The number of carbonyl (C=O) groups is 6. The van der Waals surface area contributed by atoms with Gasteiger partial charge in [-0.3, -0.25) is 29.0 Å². The van der Waals surface area contributed by atoms with Crippen LogP contribution in [0.3, 0.4) is 0 Å². The molecule has 18 nitrogen and oxygen atoms in total. The monoisotopic (exact) mass is 555 g/mol. The fraction of sp³-hybridized carbons (Fsp3) is 0.524. The fourth-order valence-electron chi connectivity index (χ4n) is 3.23. The van der Waals surface area contributed by atoms with E-state index in [2.05, 4.69) is 30.9 Å². The van der Waals surface area contributed by atoms with Crippen molar-refractivity contribution in [3.05, 3.63) is 18.2 Å².